The van der Waals surface area contributed by atoms with Gasteiger partial charge in [0.15, 0.2) is 0 Å². The lowest BCUT2D eigenvalue weighted by Crippen LogP contribution is -2.24. The van der Waals surface area contributed by atoms with Gasteiger partial charge in [0.25, 0.3) is 0 Å². The van der Waals surface area contributed by atoms with Crippen LogP contribution >= 0.6 is 11.3 Å². The van der Waals surface area contributed by atoms with Crippen LogP contribution < -0.4 is 4.90 Å². The summed E-state index contributed by atoms with van der Waals surface area (Å²) in [5.74, 6) is 0.503. The van der Waals surface area contributed by atoms with E-state index in [1.165, 1.54) is 41.1 Å². The molecule has 1 N–H and O–H groups in total. The molecule has 1 aliphatic heterocycles. The molecule has 1 saturated heterocycles. The highest BCUT2D eigenvalue weighted by atomic mass is 32.1. The van der Waals surface area contributed by atoms with Crippen molar-refractivity contribution in [3.05, 3.63) is 63.8 Å². The van der Waals surface area contributed by atoms with E-state index in [2.05, 4.69) is 40.1 Å². The molecule has 4 rings (SSSR count). The molecule has 1 saturated carbocycles. The molecule has 2 aromatic rings. The zero-order valence-electron chi connectivity index (χ0n) is 14.4. The Morgan fingerprint density at radius 2 is 1.96 bits per heavy atom. The monoisotopic (exact) mass is 354 g/mol. The second-order valence-electron chi connectivity index (χ2n) is 6.70. The molecule has 1 aliphatic carbocycles. The van der Waals surface area contributed by atoms with Gasteiger partial charge in [-0.1, -0.05) is 30.3 Å². The predicted octanol–water partition coefficient (Wildman–Crippen LogP) is 4.12. The molecular formula is C20H22N2O2S. The first-order valence-electron chi connectivity index (χ1n) is 8.75. The molecule has 1 aromatic carbocycles. The smallest absolute Gasteiger partial charge is 0.346 e. The zero-order chi connectivity index (χ0) is 17.4. The third-order valence-electron chi connectivity index (χ3n) is 4.84. The Hall–Kier alpha value is -2.27. The molecular weight excluding hydrogens is 332 g/mol. The van der Waals surface area contributed by atoms with Crippen LogP contribution in [0, 0.1) is 6.92 Å². The molecule has 0 spiro atoms. The molecule has 2 heterocycles. The van der Waals surface area contributed by atoms with Crippen LogP contribution in [0.3, 0.4) is 0 Å². The zero-order valence-corrected chi connectivity index (χ0v) is 15.2. The topological polar surface area (TPSA) is 43.8 Å². The summed E-state index contributed by atoms with van der Waals surface area (Å²) in [6, 6.07) is 12.6. The number of hydrogen-bond acceptors (Lipinski definition) is 4. The number of aryl methyl sites for hydroxylation is 1. The van der Waals surface area contributed by atoms with E-state index in [1.807, 2.05) is 13.0 Å². The summed E-state index contributed by atoms with van der Waals surface area (Å²) in [4.78, 5) is 16.6. The summed E-state index contributed by atoms with van der Waals surface area (Å²) in [5.41, 5.74) is 3.73. The van der Waals surface area contributed by atoms with Crippen LogP contribution in [0.1, 0.15) is 33.6 Å². The van der Waals surface area contributed by atoms with E-state index in [9.17, 15) is 9.90 Å². The molecule has 1 aromatic heterocycles. The molecule has 0 unspecified atom stereocenters. The number of hydrogen-bond donors (Lipinski definition) is 1. The molecule has 25 heavy (non-hydrogen) atoms. The van der Waals surface area contributed by atoms with Crippen molar-refractivity contribution in [3.8, 4) is 0 Å². The number of benzene rings is 1. The molecule has 0 radical (unpaired) electrons. The molecule has 0 amide bonds. The Bertz CT molecular complexity index is 819. The van der Waals surface area contributed by atoms with E-state index < -0.39 is 5.97 Å². The average Bonchev–Trinajstić information content (AvgIpc) is 3.24. The lowest BCUT2D eigenvalue weighted by atomic mass is 10.1. The van der Waals surface area contributed by atoms with Crippen LogP contribution in [0.2, 0.25) is 0 Å². The van der Waals surface area contributed by atoms with Crippen molar-refractivity contribution >= 4 is 22.3 Å². The van der Waals surface area contributed by atoms with Gasteiger partial charge in [0.05, 0.1) is 5.00 Å². The van der Waals surface area contributed by atoms with E-state index in [1.54, 1.807) is 0 Å². The van der Waals surface area contributed by atoms with Crippen LogP contribution in [-0.2, 0) is 6.42 Å². The maximum absolute atomic E-state index is 11.4. The Balaban J connectivity index is 1.54. The third-order valence-corrected chi connectivity index (χ3v) is 6.09. The minimum Gasteiger partial charge on any atom is -0.477 e. The van der Waals surface area contributed by atoms with Gasteiger partial charge in [-0.05, 0) is 49.0 Å². The van der Waals surface area contributed by atoms with Gasteiger partial charge in [-0.2, -0.15) is 0 Å². The van der Waals surface area contributed by atoms with Crippen LogP contribution in [0.4, 0.5) is 5.00 Å². The molecule has 2 aliphatic rings. The third kappa shape index (κ3) is 3.29. The predicted molar refractivity (Wildman–Crippen MR) is 101 cm³/mol. The van der Waals surface area contributed by atoms with E-state index in [0.29, 0.717) is 4.88 Å². The number of aromatic carboxylic acids is 1. The average molecular weight is 354 g/mol. The van der Waals surface area contributed by atoms with Gasteiger partial charge in [-0.15, -0.1) is 11.3 Å². The SMILES string of the molecule is Cc1cc(N2CCN(CCc3ccccc3)C2=C2CC2)sc1C(=O)O. The lowest BCUT2D eigenvalue weighted by Gasteiger charge is -2.24. The fraction of sp³-hybridized carbons (Fsp3) is 0.350. The van der Waals surface area contributed by atoms with Gasteiger partial charge in [0.1, 0.15) is 10.7 Å². The molecule has 0 atom stereocenters. The maximum Gasteiger partial charge on any atom is 0.346 e. The fourth-order valence-corrected chi connectivity index (χ4v) is 4.50. The first-order valence-corrected chi connectivity index (χ1v) is 9.57. The highest BCUT2D eigenvalue weighted by Crippen LogP contribution is 2.41. The van der Waals surface area contributed by atoms with Gasteiger partial charge >= 0.3 is 5.97 Å². The lowest BCUT2D eigenvalue weighted by molar-refractivity contribution is 0.0701. The van der Waals surface area contributed by atoms with E-state index in [4.69, 9.17) is 0 Å². The number of allylic oxidation sites excluding steroid dienone is 1. The van der Waals surface area contributed by atoms with Gasteiger partial charge in [0, 0.05) is 19.6 Å². The summed E-state index contributed by atoms with van der Waals surface area (Å²) in [6.45, 7) is 4.84. The van der Waals surface area contributed by atoms with Crippen molar-refractivity contribution < 1.29 is 9.90 Å². The first-order chi connectivity index (χ1) is 12.1. The Kier molecular flexibility index (Phi) is 4.25. The number of carboxylic acids is 1. The number of anilines is 1. The van der Waals surface area contributed by atoms with E-state index in [0.717, 1.165) is 36.6 Å². The van der Waals surface area contributed by atoms with Crippen molar-refractivity contribution in [2.75, 3.05) is 24.5 Å². The van der Waals surface area contributed by atoms with Gasteiger partial charge in [-0.3, -0.25) is 0 Å². The van der Waals surface area contributed by atoms with Crippen LogP contribution in [-0.4, -0.2) is 35.6 Å². The maximum atomic E-state index is 11.4. The number of carbonyl (C=O) groups is 1. The minimum atomic E-state index is -0.825. The second-order valence-corrected chi connectivity index (χ2v) is 7.73. The summed E-state index contributed by atoms with van der Waals surface area (Å²) in [7, 11) is 0. The minimum absolute atomic E-state index is 0.456. The normalized spacial score (nSPS) is 16.7. The van der Waals surface area contributed by atoms with E-state index in [-0.39, 0.29) is 0 Å². The van der Waals surface area contributed by atoms with Gasteiger partial charge in [-0.25, -0.2) is 4.79 Å². The summed E-state index contributed by atoms with van der Waals surface area (Å²) in [6.07, 6.45) is 3.38. The van der Waals surface area contributed by atoms with Gasteiger partial charge < -0.3 is 14.9 Å². The highest BCUT2D eigenvalue weighted by molar-refractivity contribution is 7.18. The van der Waals surface area contributed by atoms with E-state index >= 15 is 0 Å². The summed E-state index contributed by atoms with van der Waals surface area (Å²) < 4.78 is 0. The number of carboxylic acid groups (broad SMARTS) is 1. The largest absolute Gasteiger partial charge is 0.477 e. The quantitative estimate of drug-likeness (QED) is 0.877. The first kappa shape index (κ1) is 16.2. The van der Waals surface area contributed by atoms with Crippen LogP contribution in [0.5, 0.6) is 0 Å². The van der Waals surface area contributed by atoms with Crippen molar-refractivity contribution in [1.82, 2.24) is 4.90 Å². The van der Waals surface area contributed by atoms with Crippen LogP contribution in [0.15, 0.2) is 47.8 Å². The van der Waals surface area contributed by atoms with Crippen molar-refractivity contribution in [3.63, 3.8) is 0 Å². The Labute approximate surface area is 152 Å². The standard InChI is InChI=1S/C20H22N2O2S/c1-14-13-17(25-18(14)20(23)24)22-12-11-21(19(22)16-7-8-16)10-9-15-5-3-2-4-6-15/h2-6,13H,7-12H2,1H3,(H,23,24). The molecule has 2 fully saturated rings. The number of nitrogens with zero attached hydrogens (tertiary/aromatic N) is 2. The van der Waals surface area contributed by atoms with Gasteiger partial charge in [0.2, 0.25) is 0 Å². The molecule has 130 valence electrons. The molecule has 4 nitrogen and oxygen atoms in total. The van der Waals surface area contributed by atoms with Crippen molar-refractivity contribution in [2.45, 2.75) is 26.2 Å². The summed E-state index contributed by atoms with van der Waals surface area (Å²) >= 11 is 1.40. The second kappa shape index (κ2) is 6.56. The number of rotatable bonds is 5. The number of thiophene rings is 1. The fourth-order valence-electron chi connectivity index (χ4n) is 3.46. The molecule has 0 bridgehead atoms. The highest BCUT2D eigenvalue weighted by Gasteiger charge is 2.33. The summed E-state index contributed by atoms with van der Waals surface area (Å²) in [5, 5.41) is 10.4. The van der Waals surface area contributed by atoms with Crippen LogP contribution in [0.25, 0.3) is 0 Å². The molecule has 5 heteroatoms. The van der Waals surface area contributed by atoms with Crippen molar-refractivity contribution in [2.24, 2.45) is 0 Å². The Morgan fingerprint density at radius 3 is 2.60 bits per heavy atom. The Morgan fingerprint density at radius 1 is 1.20 bits per heavy atom. The van der Waals surface area contributed by atoms with Crippen molar-refractivity contribution in [1.29, 1.82) is 0 Å².